The van der Waals surface area contributed by atoms with Crippen LogP contribution in [0.2, 0.25) is 0 Å². The van der Waals surface area contributed by atoms with E-state index in [-0.39, 0.29) is 0 Å². The van der Waals surface area contributed by atoms with E-state index >= 15 is 0 Å². The first-order valence-electron chi connectivity index (χ1n) is 6.81. The third kappa shape index (κ3) is 3.36. The number of pyridine rings is 1. The molecule has 102 valence electrons. The van der Waals surface area contributed by atoms with Gasteiger partial charge in [-0.2, -0.15) is 5.26 Å². The summed E-state index contributed by atoms with van der Waals surface area (Å²) in [6.45, 7) is 4.74. The Bertz CT molecular complexity index is 629. The molecule has 3 nitrogen and oxygen atoms in total. The molecular weight excluding hydrogens is 248 g/mol. The summed E-state index contributed by atoms with van der Waals surface area (Å²) in [7, 11) is 0. The zero-order valence-corrected chi connectivity index (χ0v) is 11.9. The lowest BCUT2D eigenvalue weighted by molar-refractivity contribution is 0.317. The van der Waals surface area contributed by atoms with Gasteiger partial charge in [0.05, 0.1) is 24.8 Å². The maximum atomic E-state index is 8.75. The summed E-state index contributed by atoms with van der Waals surface area (Å²) in [4.78, 5) is 4.58. The highest BCUT2D eigenvalue weighted by Crippen LogP contribution is 2.23. The Balaban J connectivity index is 2.27. The van der Waals surface area contributed by atoms with Crippen LogP contribution in [0.15, 0.2) is 36.4 Å². The lowest BCUT2D eigenvalue weighted by Gasteiger charge is -2.08. The maximum Gasteiger partial charge on any atom is 0.119 e. The Kier molecular flexibility index (Phi) is 4.73. The van der Waals surface area contributed by atoms with E-state index in [0.717, 1.165) is 41.3 Å². The number of hydrogen-bond acceptors (Lipinski definition) is 3. The molecule has 1 heterocycles. The van der Waals surface area contributed by atoms with Crippen LogP contribution >= 0.6 is 0 Å². The van der Waals surface area contributed by atoms with Crippen molar-refractivity contribution in [2.75, 3.05) is 6.61 Å². The normalized spacial score (nSPS) is 10.1. The predicted molar refractivity (Wildman–Crippen MR) is 79.5 cm³/mol. The molecule has 0 aliphatic carbocycles. The van der Waals surface area contributed by atoms with Gasteiger partial charge in [-0.05, 0) is 37.1 Å². The Morgan fingerprint density at radius 3 is 2.80 bits per heavy atom. The summed E-state index contributed by atoms with van der Waals surface area (Å²) in [6, 6.07) is 14.0. The monoisotopic (exact) mass is 266 g/mol. The van der Waals surface area contributed by atoms with Crippen molar-refractivity contribution in [3.05, 3.63) is 47.7 Å². The van der Waals surface area contributed by atoms with Crippen LogP contribution in [0.1, 0.15) is 24.6 Å². The molecule has 2 rings (SSSR count). The molecule has 0 fully saturated rings. The predicted octanol–water partition coefficient (Wildman–Crippen LogP) is 3.91. The van der Waals surface area contributed by atoms with Crippen LogP contribution < -0.4 is 4.74 Å². The van der Waals surface area contributed by atoms with Gasteiger partial charge in [-0.25, -0.2) is 0 Å². The second-order valence-corrected chi connectivity index (χ2v) is 4.65. The molecule has 20 heavy (non-hydrogen) atoms. The van der Waals surface area contributed by atoms with E-state index in [1.807, 2.05) is 43.3 Å². The Morgan fingerprint density at radius 1 is 1.25 bits per heavy atom. The van der Waals surface area contributed by atoms with Gasteiger partial charge < -0.3 is 4.74 Å². The first-order chi connectivity index (χ1) is 9.74. The zero-order chi connectivity index (χ0) is 14.4. The Labute approximate surface area is 119 Å². The first kappa shape index (κ1) is 14.1. The van der Waals surface area contributed by atoms with Crippen molar-refractivity contribution < 1.29 is 4.74 Å². The van der Waals surface area contributed by atoms with E-state index in [1.54, 1.807) is 0 Å². The number of ether oxygens (including phenoxy) is 1. The number of aryl methyl sites for hydroxylation is 1. The molecule has 1 aromatic carbocycles. The molecular formula is C17H18N2O. The number of benzene rings is 1. The van der Waals surface area contributed by atoms with Crippen LogP contribution in [0.25, 0.3) is 11.3 Å². The summed E-state index contributed by atoms with van der Waals surface area (Å²) in [6.07, 6.45) is 1.39. The van der Waals surface area contributed by atoms with Crippen molar-refractivity contribution >= 4 is 0 Å². The van der Waals surface area contributed by atoms with Crippen LogP contribution in [0, 0.1) is 18.3 Å². The van der Waals surface area contributed by atoms with E-state index < -0.39 is 0 Å². The van der Waals surface area contributed by atoms with Gasteiger partial charge in [0.25, 0.3) is 0 Å². The average molecular weight is 266 g/mol. The molecule has 0 N–H and O–H groups in total. The van der Waals surface area contributed by atoms with Gasteiger partial charge in [0, 0.05) is 11.3 Å². The van der Waals surface area contributed by atoms with Crippen molar-refractivity contribution in [1.29, 1.82) is 5.26 Å². The van der Waals surface area contributed by atoms with Crippen molar-refractivity contribution in [1.82, 2.24) is 4.98 Å². The van der Waals surface area contributed by atoms with E-state index in [1.165, 1.54) is 0 Å². The molecule has 0 spiro atoms. The molecule has 0 bridgehead atoms. The standard InChI is InChI=1S/C17H18N2O/c1-3-11-20-16-6-4-5-15(12-16)17-8-7-14(9-10-18)13(2)19-17/h4-8,12H,3,9,11H2,1-2H3. The number of nitrogens with zero attached hydrogens (tertiary/aromatic N) is 2. The quantitative estimate of drug-likeness (QED) is 0.824. The third-order valence-corrected chi connectivity index (χ3v) is 3.07. The Morgan fingerprint density at radius 2 is 2.10 bits per heavy atom. The van der Waals surface area contributed by atoms with E-state index in [2.05, 4.69) is 18.0 Å². The van der Waals surface area contributed by atoms with Crippen molar-refractivity contribution in [2.45, 2.75) is 26.7 Å². The molecule has 0 saturated carbocycles. The first-order valence-corrected chi connectivity index (χ1v) is 6.81. The molecule has 0 aliphatic rings. The van der Waals surface area contributed by atoms with Gasteiger partial charge in [0.15, 0.2) is 0 Å². The number of rotatable bonds is 5. The summed E-state index contributed by atoms with van der Waals surface area (Å²) < 4.78 is 5.64. The molecule has 2 aromatic rings. The van der Waals surface area contributed by atoms with Gasteiger partial charge in [-0.1, -0.05) is 25.1 Å². The molecule has 0 aliphatic heterocycles. The van der Waals surface area contributed by atoms with Crippen molar-refractivity contribution in [2.24, 2.45) is 0 Å². The van der Waals surface area contributed by atoms with Gasteiger partial charge >= 0.3 is 0 Å². The smallest absolute Gasteiger partial charge is 0.119 e. The van der Waals surface area contributed by atoms with Gasteiger partial charge in [0.1, 0.15) is 5.75 Å². The second-order valence-electron chi connectivity index (χ2n) is 4.65. The summed E-state index contributed by atoms with van der Waals surface area (Å²) in [5.41, 5.74) is 3.83. The fraction of sp³-hybridized carbons (Fsp3) is 0.294. The molecule has 0 saturated heterocycles. The topological polar surface area (TPSA) is 45.9 Å². The van der Waals surface area contributed by atoms with Gasteiger partial charge in [0.2, 0.25) is 0 Å². The summed E-state index contributed by atoms with van der Waals surface area (Å²) in [5, 5.41) is 8.75. The van der Waals surface area contributed by atoms with E-state index in [4.69, 9.17) is 10.00 Å². The van der Waals surface area contributed by atoms with Crippen LogP contribution in [0.4, 0.5) is 0 Å². The van der Waals surface area contributed by atoms with Crippen LogP contribution in [-0.2, 0) is 6.42 Å². The largest absolute Gasteiger partial charge is 0.494 e. The summed E-state index contributed by atoms with van der Waals surface area (Å²) >= 11 is 0. The highest BCUT2D eigenvalue weighted by molar-refractivity contribution is 5.61. The second kappa shape index (κ2) is 6.72. The van der Waals surface area contributed by atoms with Gasteiger partial charge in [-0.3, -0.25) is 4.98 Å². The number of nitriles is 1. The van der Waals surface area contributed by atoms with E-state index in [0.29, 0.717) is 6.42 Å². The molecule has 0 atom stereocenters. The minimum absolute atomic E-state index is 0.402. The highest BCUT2D eigenvalue weighted by Gasteiger charge is 2.05. The molecule has 0 unspecified atom stereocenters. The maximum absolute atomic E-state index is 8.75. The average Bonchev–Trinajstić information content (AvgIpc) is 2.48. The number of aromatic nitrogens is 1. The SMILES string of the molecule is CCCOc1cccc(-c2ccc(CC#N)c(C)n2)c1. The van der Waals surface area contributed by atoms with Crippen LogP contribution in [0.3, 0.4) is 0 Å². The van der Waals surface area contributed by atoms with Crippen molar-refractivity contribution in [3.8, 4) is 23.1 Å². The summed E-state index contributed by atoms with van der Waals surface area (Å²) in [5.74, 6) is 0.866. The minimum Gasteiger partial charge on any atom is -0.494 e. The van der Waals surface area contributed by atoms with Crippen molar-refractivity contribution in [3.63, 3.8) is 0 Å². The molecule has 0 radical (unpaired) electrons. The number of hydrogen-bond donors (Lipinski definition) is 0. The van der Waals surface area contributed by atoms with Gasteiger partial charge in [-0.15, -0.1) is 0 Å². The molecule has 3 heteroatoms. The minimum atomic E-state index is 0.402. The Hall–Kier alpha value is -2.34. The van der Waals surface area contributed by atoms with Crippen LogP contribution in [0.5, 0.6) is 5.75 Å². The lowest BCUT2D eigenvalue weighted by atomic mass is 10.1. The lowest BCUT2D eigenvalue weighted by Crippen LogP contribution is -1.96. The molecule has 0 amide bonds. The fourth-order valence-electron chi connectivity index (χ4n) is 1.99. The highest BCUT2D eigenvalue weighted by atomic mass is 16.5. The zero-order valence-electron chi connectivity index (χ0n) is 11.9. The van der Waals surface area contributed by atoms with Crippen LogP contribution in [-0.4, -0.2) is 11.6 Å². The molecule has 1 aromatic heterocycles. The fourth-order valence-corrected chi connectivity index (χ4v) is 1.99. The third-order valence-electron chi connectivity index (χ3n) is 3.07. The van der Waals surface area contributed by atoms with E-state index in [9.17, 15) is 0 Å².